The molecule has 0 saturated carbocycles. The number of nitrogens with one attached hydrogen (secondary N) is 1. The van der Waals surface area contributed by atoms with Crippen LogP contribution in [0.25, 0.3) is 0 Å². The van der Waals surface area contributed by atoms with Crippen molar-refractivity contribution in [1.82, 2.24) is 10.2 Å². The molecule has 1 saturated heterocycles. The molecule has 4 heteroatoms. The van der Waals surface area contributed by atoms with E-state index in [0.717, 1.165) is 19.7 Å². The highest BCUT2D eigenvalue weighted by Gasteiger charge is 2.17. The molecule has 0 radical (unpaired) electrons. The van der Waals surface area contributed by atoms with Crippen LogP contribution in [0.1, 0.15) is 26.7 Å². The van der Waals surface area contributed by atoms with Crippen LogP contribution in [-0.4, -0.2) is 61.8 Å². The Morgan fingerprint density at radius 3 is 2.76 bits per heavy atom. The maximum absolute atomic E-state index is 5.60. The Balaban J connectivity index is 2.12. The molecule has 3 unspecified atom stereocenters. The minimum absolute atomic E-state index is 0.455. The lowest BCUT2D eigenvalue weighted by Crippen LogP contribution is -2.44. The number of thioether (sulfide) groups is 1. The number of likely N-dealkylation sites (N-methyl/N-ethyl adjacent to an activating group) is 1. The normalized spacial score (nSPS) is 24.2. The van der Waals surface area contributed by atoms with E-state index in [2.05, 4.69) is 37.4 Å². The van der Waals surface area contributed by atoms with Gasteiger partial charge in [0.25, 0.3) is 0 Å². The lowest BCUT2D eigenvalue weighted by atomic mass is 10.2. The van der Waals surface area contributed by atoms with Crippen molar-refractivity contribution in [3.05, 3.63) is 0 Å². The Kier molecular flexibility index (Phi) is 7.51. The zero-order valence-electron chi connectivity index (χ0n) is 11.7. The molecule has 1 rings (SSSR count). The SMILES string of the molecule is CSCC(C)N(C)C(C)CNCC1CCCO1. The number of ether oxygens (including phenoxy) is 1. The molecule has 0 spiro atoms. The summed E-state index contributed by atoms with van der Waals surface area (Å²) in [5.41, 5.74) is 0. The van der Waals surface area contributed by atoms with E-state index in [1.807, 2.05) is 11.8 Å². The molecule has 0 aromatic heterocycles. The van der Waals surface area contributed by atoms with E-state index in [0.29, 0.717) is 18.2 Å². The molecular formula is C13H28N2OS. The molecule has 0 aromatic carbocycles. The van der Waals surface area contributed by atoms with Crippen LogP contribution in [-0.2, 0) is 4.74 Å². The Morgan fingerprint density at radius 2 is 2.18 bits per heavy atom. The van der Waals surface area contributed by atoms with Crippen LogP contribution in [0.3, 0.4) is 0 Å². The summed E-state index contributed by atoms with van der Waals surface area (Å²) in [7, 11) is 2.22. The summed E-state index contributed by atoms with van der Waals surface area (Å²) in [5.74, 6) is 1.20. The van der Waals surface area contributed by atoms with Crippen molar-refractivity contribution in [2.75, 3.05) is 38.8 Å². The first kappa shape index (κ1) is 15.3. The van der Waals surface area contributed by atoms with Gasteiger partial charge in [-0.3, -0.25) is 4.90 Å². The number of hydrogen-bond acceptors (Lipinski definition) is 4. The van der Waals surface area contributed by atoms with E-state index in [-0.39, 0.29) is 0 Å². The van der Waals surface area contributed by atoms with Crippen LogP contribution in [0, 0.1) is 0 Å². The second-order valence-electron chi connectivity index (χ2n) is 5.11. The molecule has 17 heavy (non-hydrogen) atoms. The van der Waals surface area contributed by atoms with Gasteiger partial charge < -0.3 is 10.1 Å². The topological polar surface area (TPSA) is 24.5 Å². The van der Waals surface area contributed by atoms with E-state index in [1.165, 1.54) is 18.6 Å². The fourth-order valence-electron chi connectivity index (χ4n) is 2.20. The minimum Gasteiger partial charge on any atom is -0.377 e. The summed E-state index contributed by atoms with van der Waals surface area (Å²) in [4.78, 5) is 2.46. The molecular weight excluding hydrogens is 232 g/mol. The smallest absolute Gasteiger partial charge is 0.0700 e. The molecule has 1 aliphatic rings. The summed E-state index contributed by atoms with van der Waals surface area (Å²) >= 11 is 1.92. The third-order valence-corrected chi connectivity index (χ3v) is 4.45. The van der Waals surface area contributed by atoms with Gasteiger partial charge in [-0.15, -0.1) is 0 Å². The molecule has 1 aliphatic heterocycles. The Bertz CT molecular complexity index is 198. The summed E-state index contributed by atoms with van der Waals surface area (Å²) in [6.07, 6.45) is 5.08. The van der Waals surface area contributed by atoms with Gasteiger partial charge in [0, 0.05) is 37.5 Å². The third kappa shape index (κ3) is 5.60. The van der Waals surface area contributed by atoms with Gasteiger partial charge in [0.1, 0.15) is 0 Å². The highest BCUT2D eigenvalue weighted by molar-refractivity contribution is 7.98. The predicted octanol–water partition coefficient (Wildman–Crippen LogP) is 1.83. The molecule has 1 N–H and O–H groups in total. The fourth-order valence-corrected chi connectivity index (χ4v) is 2.91. The van der Waals surface area contributed by atoms with Gasteiger partial charge >= 0.3 is 0 Å². The van der Waals surface area contributed by atoms with Crippen molar-refractivity contribution in [3.63, 3.8) is 0 Å². The Hall–Kier alpha value is 0.230. The first-order valence-corrected chi connectivity index (χ1v) is 8.07. The van der Waals surface area contributed by atoms with Crippen LogP contribution >= 0.6 is 11.8 Å². The fraction of sp³-hybridized carbons (Fsp3) is 1.00. The summed E-state index contributed by atoms with van der Waals surface area (Å²) in [5, 5.41) is 3.53. The van der Waals surface area contributed by atoms with E-state index in [1.54, 1.807) is 0 Å². The van der Waals surface area contributed by atoms with Gasteiger partial charge in [-0.25, -0.2) is 0 Å². The first-order valence-electron chi connectivity index (χ1n) is 6.68. The maximum atomic E-state index is 5.60. The second-order valence-corrected chi connectivity index (χ2v) is 6.02. The quantitative estimate of drug-likeness (QED) is 0.719. The number of nitrogens with zero attached hydrogens (tertiary/aromatic N) is 1. The van der Waals surface area contributed by atoms with Crippen LogP contribution in [0.2, 0.25) is 0 Å². The molecule has 1 heterocycles. The lowest BCUT2D eigenvalue weighted by molar-refractivity contribution is 0.107. The molecule has 102 valence electrons. The minimum atomic E-state index is 0.455. The number of rotatable bonds is 8. The summed E-state index contributed by atoms with van der Waals surface area (Å²) < 4.78 is 5.60. The Labute approximate surface area is 111 Å². The average Bonchev–Trinajstić information content (AvgIpc) is 2.81. The number of hydrogen-bond donors (Lipinski definition) is 1. The van der Waals surface area contributed by atoms with Gasteiger partial charge in [0.05, 0.1) is 6.10 Å². The lowest BCUT2D eigenvalue weighted by Gasteiger charge is -2.31. The van der Waals surface area contributed by atoms with Gasteiger partial charge in [-0.2, -0.15) is 11.8 Å². The first-order chi connectivity index (χ1) is 8.15. The van der Waals surface area contributed by atoms with Crippen molar-refractivity contribution in [1.29, 1.82) is 0 Å². The van der Waals surface area contributed by atoms with Crippen LogP contribution in [0.15, 0.2) is 0 Å². The molecule has 0 aliphatic carbocycles. The molecule has 1 fully saturated rings. The van der Waals surface area contributed by atoms with Crippen molar-refractivity contribution < 1.29 is 4.74 Å². The van der Waals surface area contributed by atoms with Gasteiger partial charge in [0.2, 0.25) is 0 Å². The second kappa shape index (κ2) is 8.35. The highest BCUT2D eigenvalue weighted by atomic mass is 32.2. The zero-order valence-corrected chi connectivity index (χ0v) is 12.6. The van der Waals surface area contributed by atoms with E-state index in [9.17, 15) is 0 Å². The van der Waals surface area contributed by atoms with E-state index >= 15 is 0 Å². The van der Waals surface area contributed by atoms with E-state index in [4.69, 9.17) is 4.74 Å². The van der Waals surface area contributed by atoms with Crippen molar-refractivity contribution in [2.45, 2.75) is 44.9 Å². The van der Waals surface area contributed by atoms with Crippen LogP contribution < -0.4 is 5.32 Å². The predicted molar refractivity (Wildman–Crippen MR) is 76.9 cm³/mol. The summed E-state index contributed by atoms with van der Waals surface area (Å²) in [6, 6.07) is 1.23. The third-order valence-electron chi connectivity index (χ3n) is 3.63. The van der Waals surface area contributed by atoms with Crippen molar-refractivity contribution in [3.8, 4) is 0 Å². The molecule has 3 nitrogen and oxygen atoms in total. The van der Waals surface area contributed by atoms with Gasteiger partial charge in [-0.1, -0.05) is 0 Å². The van der Waals surface area contributed by atoms with Crippen molar-refractivity contribution in [2.24, 2.45) is 0 Å². The molecule has 0 aromatic rings. The zero-order chi connectivity index (χ0) is 12.7. The van der Waals surface area contributed by atoms with E-state index < -0.39 is 0 Å². The van der Waals surface area contributed by atoms with Gasteiger partial charge in [0.15, 0.2) is 0 Å². The largest absolute Gasteiger partial charge is 0.377 e. The average molecular weight is 260 g/mol. The maximum Gasteiger partial charge on any atom is 0.0700 e. The van der Waals surface area contributed by atoms with Gasteiger partial charge in [-0.05, 0) is 40.0 Å². The Morgan fingerprint density at radius 1 is 1.41 bits per heavy atom. The molecule has 0 amide bonds. The van der Waals surface area contributed by atoms with Crippen LogP contribution in [0.5, 0.6) is 0 Å². The van der Waals surface area contributed by atoms with Crippen molar-refractivity contribution >= 4 is 11.8 Å². The molecule has 0 bridgehead atoms. The molecule has 3 atom stereocenters. The monoisotopic (exact) mass is 260 g/mol. The van der Waals surface area contributed by atoms with Crippen LogP contribution in [0.4, 0.5) is 0 Å². The highest BCUT2D eigenvalue weighted by Crippen LogP contribution is 2.11. The standard InChI is InChI=1S/C13H28N2OS/c1-11(15(3)12(2)10-17-4)8-14-9-13-6-5-7-16-13/h11-14H,5-10H2,1-4H3. The summed E-state index contributed by atoms with van der Waals surface area (Å²) in [6.45, 7) is 7.60.